The van der Waals surface area contributed by atoms with E-state index in [-0.39, 0.29) is 5.97 Å². The van der Waals surface area contributed by atoms with E-state index in [0.29, 0.717) is 37.0 Å². The summed E-state index contributed by atoms with van der Waals surface area (Å²) in [6, 6.07) is 0. The molecule has 7 nitrogen and oxygen atoms in total. The Bertz CT molecular complexity index is 612. The number of carbonyl (C=O) groups excluding carboxylic acids is 1. The monoisotopic (exact) mass is 262 g/mol. The molecule has 0 radical (unpaired) electrons. The maximum absolute atomic E-state index is 11.9. The van der Waals surface area contributed by atoms with E-state index in [0.717, 1.165) is 0 Å². The molecule has 1 saturated carbocycles. The van der Waals surface area contributed by atoms with Crippen LogP contribution in [0.5, 0.6) is 0 Å². The number of hydrogen-bond donors (Lipinski definition) is 0. The number of hydrogen-bond acceptors (Lipinski definition) is 6. The number of esters is 1. The zero-order valence-electron chi connectivity index (χ0n) is 10.8. The zero-order chi connectivity index (χ0) is 13.5. The normalized spacial score (nSPS) is 16.3. The summed E-state index contributed by atoms with van der Waals surface area (Å²) in [5.41, 5.74) is -0.730. The molecule has 0 aromatic carbocycles. The molecule has 100 valence electrons. The van der Waals surface area contributed by atoms with Crippen molar-refractivity contribution in [3.8, 4) is 11.6 Å². The molecule has 0 amide bonds. The van der Waals surface area contributed by atoms with Crippen LogP contribution in [0.3, 0.4) is 0 Å². The first-order valence-corrected chi connectivity index (χ1v) is 6.16. The van der Waals surface area contributed by atoms with Gasteiger partial charge in [0.05, 0.1) is 6.61 Å². The van der Waals surface area contributed by atoms with Gasteiger partial charge in [-0.05, 0) is 19.8 Å². The fraction of sp³-hybridized carbons (Fsp3) is 0.500. The summed E-state index contributed by atoms with van der Waals surface area (Å²) in [5, 5.41) is 3.89. The van der Waals surface area contributed by atoms with E-state index in [2.05, 4.69) is 15.1 Å². The second-order valence-electron chi connectivity index (χ2n) is 4.59. The summed E-state index contributed by atoms with van der Waals surface area (Å²) in [6.45, 7) is 2.13. The van der Waals surface area contributed by atoms with Gasteiger partial charge in [-0.2, -0.15) is 4.98 Å². The predicted molar refractivity (Wildman–Crippen MR) is 64.0 cm³/mol. The lowest BCUT2D eigenvalue weighted by atomic mass is 10.1. The van der Waals surface area contributed by atoms with Gasteiger partial charge >= 0.3 is 5.97 Å². The minimum absolute atomic E-state index is 0.287. The van der Waals surface area contributed by atoms with Gasteiger partial charge in [0.25, 0.3) is 0 Å². The molecule has 2 aromatic rings. The van der Waals surface area contributed by atoms with Crippen molar-refractivity contribution < 1.29 is 14.1 Å². The molecule has 0 N–H and O–H groups in total. The van der Waals surface area contributed by atoms with Crippen molar-refractivity contribution in [2.45, 2.75) is 25.2 Å². The molecule has 3 rings (SSSR count). The van der Waals surface area contributed by atoms with Gasteiger partial charge in [-0.25, -0.2) is 4.98 Å². The van der Waals surface area contributed by atoms with Crippen molar-refractivity contribution in [1.82, 2.24) is 19.7 Å². The highest BCUT2D eigenvalue weighted by molar-refractivity contribution is 5.85. The summed E-state index contributed by atoms with van der Waals surface area (Å²) >= 11 is 0. The van der Waals surface area contributed by atoms with Crippen LogP contribution in [-0.4, -0.2) is 32.3 Å². The topological polar surface area (TPSA) is 83.0 Å². The van der Waals surface area contributed by atoms with Crippen molar-refractivity contribution in [1.29, 1.82) is 0 Å². The third-order valence-corrected chi connectivity index (χ3v) is 3.27. The van der Waals surface area contributed by atoms with Crippen molar-refractivity contribution in [3.63, 3.8) is 0 Å². The molecule has 19 heavy (non-hydrogen) atoms. The van der Waals surface area contributed by atoms with E-state index in [1.165, 1.54) is 0 Å². The second kappa shape index (κ2) is 4.18. The van der Waals surface area contributed by atoms with E-state index in [4.69, 9.17) is 9.26 Å². The van der Waals surface area contributed by atoms with Crippen molar-refractivity contribution >= 4 is 5.97 Å². The molecule has 0 bridgehead atoms. The van der Waals surface area contributed by atoms with Crippen molar-refractivity contribution in [2.24, 2.45) is 7.05 Å². The highest BCUT2D eigenvalue weighted by atomic mass is 16.5. The average molecular weight is 262 g/mol. The van der Waals surface area contributed by atoms with E-state index in [1.807, 2.05) is 7.05 Å². The SMILES string of the molecule is CCOC(=O)C1(c2nc(-c3nccn3C)no2)CC1. The quantitative estimate of drug-likeness (QED) is 0.766. The van der Waals surface area contributed by atoms with Crippen LogP contribution >= 0.6 is 0 Å². The fourth-order valence-electron chi connectivity index (χ4n) is 1.99. The van der Waals surface area contributed by atoms with Gasteiger partial charge in [-0.15, -0.1) is 0 Å². The molecule has 1 fully saturated rings. The molecule has 0 unspecified atom stereocenters. The van der Waals surface area contributed by atoms with Crippen LogP contribution in [0.25, 0.3) is 11.6 Å². The Morgan fingerprint density at radius 2 is 2.37 bits per heavy atom. The third-order valence-electron chi connectivity index (χ3n) is 3.27. The lowest BCUT2D eigenvalue weighted by Crippen LogP contribution is -2.23. The molecule has 2 heterocycles. The van der Waals surface area contributed by atoms with Gasteiger partial charge < -0.3 is 13.8 Å². The van der Waals surface area contributed by atoms with Crippen LogP contribution in [0.4, 0.5) is 0 Å². The van der Waals surface area contributed by atoms with Gasteiger partial charge in [-0.3, -0.25) is 4.79 Å². The molecule has 7 heteroatoms. The lowest BCUT2D eigenvalue weighted by molar-refractivity contribution is -0.146. The van der Waals surface area contributed by atoms with Crippen LogP contribution in [0.15, 0.2) is 16.9 Å². The summed E-state index contributed by atoms with van der Waals surface area (Å²) < 4.78 is 12.1. The summed E-state index contributed by atoms with van der Waals surface area (Å²) in [5.74, 6) is 1.03. The number of aromatic nitrogens is 4. The Morgan fingerprint density at radius 1 is 1.58 bits per heavy atom. The van der Waals surface area contributed by atoms with Gasteiger partial charge in [0, 0.05) is 19.4 Å². The average Bonchev–Trinajstić information content (AvgIpc) is 2.86. The summed E-state index contributed by atoms with van der Waals surface area (Å²) in [6.07, 6.45) is 4.83. The maximum Gasteiger partial charge on any atom is 0.321 e. The Kier molecular flexibility index (Phi) is 2.62. The highest BCUT2D eigenvalue weighted by Crippen LogP contribution is 2.48. The molecule has 0 atom stereocenters. The first kappa shape index (κ1) is 11.9. The Balaban J connectivity index is 1.90. The number of carbonyl (C=O) groups is 1. The van der Waals surface area contributed by atoms with Gasteiger partial charge in [0.15, 0.2) is 5.82 Å². The molecule has 0 aliphatic heterocycles. The van der Waals surface area contributed by atoms with Crippen LogP contribution in [0.1, 0.15) is 25.7 Å². The molecular formula is C12H14N4O3. The number of ether oxygens (including phenoxy) is 1. The Morgan fingerprint density at radius 3 is 2.95 bits per heavy atom. The Labute approximate surface area is 109 Å². The standard InChI is InChI=1S/C12H14N4O3/c1-3-18-11(17)12(4-5-12)10-14-8(15-19-10)9-13-6-7-16(9)2/h6-7H,3-5H2,1-2H3. The van der Waals surface area contributed by atoms with Crippen LogP contribution in [-0.2, 0) is 22.0 Å². The van der Waals surface area contributed by atoms with Crippen LogP contribution in [0, 0.1) is 0 Å². The molecule has 1 aliphatic carbocycles. The molecule has 0 saturated heterocycles. The number of rotatable bonds is 4. The molecule has 1 aliphatic rings. The predicted octanol–water partition coefficient (Wildman–Crippen LogP) is 1.06. The van der Waals surface area contributed by atoms with Gasteiger partial charge in [0.1, 0.15) is 5.41 Å². The van der Waals surface area contributed by atoms with Crippen LogP contribution < -0.4 is 0 Å². The molecule has 0 spiro atoms. The van der Waals surface area contributed by atoms with E-state index >= 15 is 0 Å². The van der Waals surface area contributed by atoms with E-state index < -0.39 is 5.41 Å². The van der Waals surface area contributed by atoms with E-state index in [1.54, 1.807) is 23.9 Å². The number of imidazole rings is 1. The lowest BCUT2D eigenvalue weighted by Gasteiger charge is -2.07. The maximum atomic E-state index is 11.9. The smallest absolute Gasteiger partial charge is 0.321 e. The van der Waals surface area contributed by atoms with Gasteiger partial charge in [-0.1, -0.05) is 5.16 Å². The van der Waals surface area contributed by atoms with Crippen molar-refractivity contribution in [2.75, 3.05) is 6.61 Å². The minimum Gasteiger partial charge on any atom is -0.465 e. The van der Waals surface area contributed by atoms with Crippen LogP contribution in [0.2, 0.25) is 0 Å². The van der Waals surface area contributed by atoms with Gasteiger partial charge in [0.2, 0.25) is 11.7 Å². The largest absolute Gasteiger partial charge is 0.465 e. The fourth-order valence-corrected chi connectivity index (χ4v) is 1.99. The highest BCUT2D eigenvalue weighted by Gasteiger charge is 2.57. The summed E-state index contributed by atoms with van der Waals surface area (Å²) in [4.78, 5) is 20.4. The third kappa shape index (κ3) is 1.81. The minimum atomic E-state index is -0.730. The number of aryl methyl sites for hydroxylation is 1. The number of nitrogens with zero attached hydrogens (tertiary/aromatic N) is 4. The zero-order valence-corrected chi connectivity index (χ0v) is 10.8. The first-order valence-electron chi connectivity index (χ1n) is 6.16. The van der Waals surface area contributed by atoms with E-state index in [9.17, 15) is 4.79 Å². The summed E-state index contributed by atoms with van der Waals surface area (Å²) in [7, 11) is 1.84. The molecular weight excluding hydrogens is 248 g/mol. The Hall–Kier alpha value is -2.18. The second-order valence-corrected chi connectivity index (χ2v) is 4.59. The molecule has 2 aromatic heterocycles. The first-order chi connectivity index (χ1) is 9.17. The van der Waals surface area contributed by atoms with Crippen molar-refractivity contribution in [3.05, 3.63) is 18.3 Å².